The first-order valence-corrected chi connectivity index (χ1v) is 14.5. The number of anilines is 2. The number of benzene rings is 4. The summed E-state index contributed by atoms with van der Waals surface area (Å²) in [5, 5.41) is 8.55. The Morgan fingerprint density at radius 2 is 1.60 bits per heavy atom. The first-order valence-electron chi connectivity index (χ1n) is 13.5. The van der Waals surface area contributed by atoms with Gasteiger partial charge in [0, 0.05) is 33.5 Å². The van der Waals surface area contributed by atoms with Gasteiger partial charge in [0.2, 0.25) is 5.91 Å². The number of carbonyl (C=O) groups is 3. The molecule has 220 valence electrons. The van der Waals surface area contributed by atoms with Crippen LogP contribution in [0.2, 0.25) is 0 Å². The zero-order chi connectivity index (χ0) is 30.8. The van der Waals surface area contributed by atoms with Gasteiger partial charge in [0.25, 0.3) is 11.8 Å². The van der Waals surface area contributed by atoms with E-state index < -0.39 is 11.8 Å². The molecule has 0 aromatic heterocycles. The summed E-state index contributed by atoms with van der Waals surface area (Å²) in [6.07, 6.45) is 1.55. The molecule has 4 aromatic rings. The maximum atomic E-state index is 13.5. The molecular formula is C34H33N3O5S. The van der Waals surface area contributed by atoms with Gasteiger partial charge in [0.1, 0.15) is 17.2 Å². The minimum absolute atomic E-state index is 0.0169. The molecule has 0 fully saturated rings. The molecule has 0 aliphatic carbocycles. The highest BCUT2D eigenvalue weighted by Gasteiger charge is 2.17. The van der Waals surface area contributed by atoms with Gasteiger partial charge in [0.15, 0.2) is 0 Å². The number of nitrogens with one attached hydrogen (secondary N) is 3. The second kappa shape index (κ2) is 14.7. The Balaban J connectivity index is 1.51. The summed E-state index contributed by atoms with van der Waals surface area (Å²) < 4.78 is 10.8. The van der Waals surface area contributed by atoms with Gasteiger partial charge in [-0.1, -0.05) is 36.4 Å². The maximum absolute atomic E-state index is 13.5. The van der Waals surface area contributed by atoms with E-state index >= 15 is 0 Å². The lowest BCUT2D eigenvalue weighted by atomic mass is 10.1. The number of ether oxygens (including phenoxy) is 2. The van der Waals surface area contributed by atoms with E-state index in [0.29, 0.717) is 28.3 Å². The molecule has 0 radical (unpaired) electrons. The average molecular weight is 596 g/mol. The minimum Gasteiger partial charge on any atom is -0.497 e. The van der Waals surface area contributed by atoms with Crippen molar-refractivity contribution in [2.45, 2.75) is 18.7 Å². The topological polar surface area (TPSA) is 106 Å². The Morgan fingerprint density at radius 1 is 0.814 bits per heavy atom. The van der Waals surface area contributed by atoms with Crippen LogP contribution in [-0.4, -0.2) is 37.7 Å². The lowest BCUT2D eigenvalue weighted by Crippen LogP contribution is -2.30. The zero-order valence-corrected chi connectivity index (χ0v) is 25.2. The monoisotopic (exact) mass is 595 g/mol. The predicted octanol–water partition coefficient (Wildman–Crippen LogP) is 6.46. The van der Waals surface area contributed by atoms with E-state index in [1.807, 2.05) is 38.1 Å². The Kier molecular flexibility index (Phi) is 10.6. The largest absolute Gasteiger partial charge is 0.497 e. The molecule has 43 heavy (non-hydrogen) atoms. The first kappa shape index (κ1) is 30.9. The average Bonchev–Trinajstić information content (AvgIpc) is 3.02. The van der Waals surface area contributed by atoms with E-state index in [0.717, 1.165) is 21.7 Å². The van der Waals surface area contributed by atoms with Crippen molar-refractivity contribution in [2.24, 2.45) is 0 Å². The van der Waals surface area contributed by atoms with Gasteiger partial charge in [-0.2, -0.15) is 0 Å². The molecule has 0 aliphatic rings. The van der Waals surface area contributed by atoms with Crippen molar-refractivity contribution in [3.63, 3.8) is 0 Å². The molecule has 3 N–H and O–H groups in total. The van der Waals surface area contributed by atoms with Crippen molar-refractivity contribution < 1.29 is 23.9 Å². The summed E-state index contributed by atoms with van der Waals surface area (Å²) in [5.74, 6) is 0.155. The fourth-order valence-corrected chi connectivity index (χ4v) is 4.86. The zero-order valence-electron chi connectivity index (χ0n) is 24.4. The first-order chi connectivity index (χ1) is 20.7. The standard InChI is InChI=1S/C34H33N3O5S/c1-22-13-14-23(2)29(17-22)36-32(38)21-43-28-12-8-11-26(19-28)35-34(40)30(37-33(39)24-9-6-5-7-10-24)18-25-15-16-27(41-3)20-31(25)42-4/h5-20H,21H2,1-4H3,(H,35,40)(H,36,38)(H,37,39)/b30-18+. The number of rotatable bonds is 11. The van der Waals surface area contributed by atoms with Crippen LogP contribution in [0.25, 0.3) is 6.08 Å². The van der Waals surface area contributed by atoms with Crippen molar-refractivity contribution >= 4 is 46.9 Å². The Labute approximate surface area is 255 Å². The van der Waals surface area contributed by atoms with E-state index in [9.17, 15) is 14.4 Å². The lowest BCUT2D eigenvalue weighted by molar-refractivity contribution is -0.114. The SMILES string of the molecule is COc1ccc(/C=C(/NC(=O)c2ccccc2)C(=O)Nc2cccc(SCC(=O)Nc3cc(C)ccc3C)c2)c(OC)c1. The van der Waals surface area contributed by atoms with Gasteiger partial charge >= 0.3 is 0 Å². The van der Waals surface area contributed by atoms with Crippen molar-refractivity contribution in [1.82, 2.24) is 5.32 Å². The van der Waals surface area contributed by atoms with Crippen molar-refractivity contribution in [1.29, 1.82) is 0 Å². The number of thioether (sulfide) groups is 1. The van der Waals surface area contributed by atoms with Gasteiger partial charge in [-0.3, -0.25) is 14.4 Å². The highest BCUT2D eigenvalue weighted by molar-refractivity contribution is 8.00. The minimum atomic E-state index is -0.531. The van der Waals surface area contributed by atoms with Crippen LogP contribution in [0.5, 0.6) is 11.5 Å². The molecule has 4 aromatic carbocycles. The number of hydrogen-bond acceptors (Lipinski definition) is 6. The van der Waals surface area contributed by atoms with Crippen molar-refractivity contribution in [3.8, 4) is 11.5 Å². The lowest BCUT2D eigenvalue weighted by Gasteiger charge is -2.14. The molecule has 0 unspecified atom stereocenters. The van der Waals surface area contributed by atoms with Crippen LogP contribution in [0.4, 0.5) is 11.4 Å². The van der Waals surface area contributed by atoms with Gasteiger partial charge in [-0.25, -0.2) is 0 Å². The maximum Gasteiger partial charge on any atom is 0.272 e. The van der Waals surface area contributed by atoms with Crippen molar-refractivity contribution in [3.05, 3.63) is 119 Å². The highest BCUT2D eigenvalue weighted by Crippen LogP contribution is 2.27. The third-order valence-corrected chi connectivity index (χ3v) is 7.39. The molecule has 0 heterocycles. The van der Waals surface area contributed by atoms with Crippen LogP contribution in [0.15, 0.2) is 102 Å². The molecular weight excluding hydrogens is 562 g/mol. The predicted molar refractivity (Wildman–Crippen MR) is 172 cm³/mol. The fraction of sp³-hybridized carbons (Fsp3) is 0.147. The highest BCUT2D eigenvalue weighted by atomic mass is 32.2. The van der Waals surface area contributed by atoms with E-state index in [1.165, 1.54) is 18.9 Å². The molecule has 0 saturated carbocycles. The smallest absolute Gasteiger partial charge is 0.272 e. The second-order valence-corrected chi connectivity index (χ2v) is 10.7. The van der Waals surface area contributed by atoms with Crippen molar-refractivity contribution in [2.75, 3.05) is 30.6 Å². The molecule has 8 nitrogen and oxygen atoms in total. The van der Waals surface area contributed by atoms with Gasteiger partial charge in [0.05, 0.1) is 20.0 Å². The van der Waals surface area contributed by atoms with Crippen LogP contribution < -0.4 is 25.4 Å². The summed E-state index contributed by atoms with van der Waals surface area (Å²) in [6, 6.07) is 26.9. The van der Waals surface area contributed by atoms with Crippen LogP contribution in [0.3, 0.4) is 0 Å². The molecule has 0 spiro atoms. The number of hydrogen-bond donors (Lipinski definition) is 3. The third-order valence-electron chi connectivity index (χ3n) is 6.40. The summed E-state index contributed by atoms with van der Waals surface area (Å²) in [5.41, 5.74) is 4.34. The Bertz CT molecular complexity index is 1650. The summed E-state index contributed by atoms with van der Waals surface area (Å²) >= 11 is 1.35. The van der Waals surface area contributed by atoms with E-state index in [1.54, 1.807) is 79.9 Å². The Hall–Kier alpha value is -5.02. The molecule has 0 bridgehead atoms. The normalized spacial score (nSPS) is 10.9. The molecule has 0 saturated heterocycles. The second-order valence-electron chi connectivity index (χ2n) is 9.62. The quantitative estimate of drug-likeness (QED) is 0.136. The van der Waals surface area contributed by atoms with Gasteiger partial charge in [-0.05, 0) is 79.6 Å². The van der Waals surface area contributed by atoms with Gasteiger partial charge in [-0.15, -0.1) is 11.8 Å². The number of carbonyl (C=O) groups excluding carboxylic acids is 3. The summed E-state index contributed by atoms with van der Waals surface area (Å²) in [7, 11) is 3.06. The Morgan fingerprint density at radius 3 is 2.35 bits per heavy atom. The van der Waals surface area contributed by atoms with Gasteiger partial charge < -0.3 is 25.4 Å². The van der Waals surface area contributed by atoms with Crippen LogP contribution in [0, 0.1) is 13.8 Å². The van der Waals surface area contributed by atoms with Crippen LogP contribution >= 0.6 is 11.8 Å². The third kappa shape index (κ3) is 8.73. The number of aryl methyl sites for hydroxylation is 2. The molecule has 3 amide bonds. The number of amides is 3. The van der Waals surface area contributed by atoms with E-state index in [2.05, 4.69) is 16.0 Å². The van der Waals surface area contributed by atoms with E-state index in [-0.39, 0.29) is 17.4 Å². The van der Waals surface area contributed by atoms with Crippen LogP contribution in [0.1, 0.15) is 27.0 Å². The number of methoxy groups -OCH3 is 2. The summed E-state index contributed by atoms with van der Waals surface area (Å²) in [4.78, 5) is 39.9. The molecule has 9 heteroatoms. The molecule has 0 atom stereocenters. The summed E-state index contributed by atoms with van der Waals surface area (Å²) in [6.45, 7) is 3.93. The van der Waals surface area contributed by atoms with E-state index in [4.69, 9.17) is 9.47 Å². The fourth-order valence-electron chi connectivity index (χ4n) is 4.10. The van der Waals surface area contributed by atoms with Crippen LogP contribution in [-0.2, 0) is 9.59 Å². The molecule has 4 rings (SSSR count). The molecule has 0 aliphatic heterocycles.